The summed E-state index contributed by atoms with van der Waals surface area (Å²) in [5.41, 5.74) is 0. The van der Waals surface area contributed by atoms with Gasteiger partial charge in [0.2, 0.25) is 0 Å². The van der Waals surface area contributed by atoms with Crippen LogP contribution in [0.2, 0.25) is 0 Å². The zero-order valence-corrected chi connectivity index (χ0v) is 13.7. The van der Waals surface area contributed by atoms with Gasteiger partial charge in [-0.1, -0.05) is 64.7 Å². The predicted octanol–water partition coefficient (Wildman–Crippen LogP) is 3.12. The van der Waals surface area contributed by atoms with Crippen LogP contribution in [0.5, 0.6) is 0 Å². The molecule has 0 aliphatic carbocycles. The summed E-state index contributed by atoms with van der Waals surface area (Å²) in [6.07, 6.45) is 12.8. The number of unbranched alkanes of at least 4 members (excludes halogenated alkanes) is 9. The van der Waals surface area contributed by atoms with E-state index in [1.807, 2.05) is 0 Å². The van der Waals surface area contributed by atoms with Crippen LogP contribution >= 0.6 is 7.82 Å². The van der Waals surface area contributed by atoms with E-state index in [-0.39, 0.29) is 51.0 Å². The fourth-order valence-electron chi connectivity index (χ4n) is 2.01. The topological polar surface area (TPSA) is 76.0 Å². The number of phosphoric ester groups is 1. The van der Waals surface area contributed by atoms with Gasteiger partial charge in [-0.05, 0) is 6.42 Å². The Labute approximate surface area is 159 Å². The van der Waals surface area contributed by atoms with Crippen molar-refractivity contribution in [2.75, 3.05) is 19.8 Å². The molecule has 0 aliphatic rings. The first-order valence-electron chi connectivity index (χ1n) is 7.84. The van der Waals surface area contributed by atoms with E-state index in [1.54, 1.807) is 0 Å². The Morgan fingerprint density at radius 3 is 1.71 bits per heavy atom. The van der Waals surface area contributed by atoms with E-state index >= 15 is 0 Å². The second kappa shape index (κ2) is 17.7. The molecule has 0 rings (SSSR count). The van der Waals surface area contributed by atoms with Crippen molar-refractivity contribution < 1.29 is 23.6 Å². The number of hydrogen-bond acceptors (Lipinski definition) is 3. The molecule has 0 aromatic carbocycles. The van der Waals surface area contributed by atoms with Gasteiger partial charge in [-0.15, -0.1) is 0 Å². The third kappa shape index (κ3) is 23.7. The summed E-state index contributed by atoms with van der Waals surface area (Å²) < 4.78 is 19.9. The van der Waals surface area contributed by atoms with Crippen molar-refractivity contribution in [1.29, 1.82) is 0 Å². The van der Waals surface area contributed by atoms with Crippen LogP contribution in [0.25, 0.3) is 0 Å². The second-order valence-electron chi connectivity index (χ2n) is 5.12. The van der Waals surface area contributed by atoms with Gasteiger partial charge in [0, 0.05) is 6.61 Å². The molecule has 0 aromatic rings. The average molecular weight is 352 g/mol. The maximum atomic E-state index is 10.4. The molecule has 5 nitrogen and oxygen atoms in total. The van der Waals surface area contributed by atoms with Crippen molar-refractivity contribution >= 4 is 45.6 Å². The predicted molar refractivity (Wildman–Crippen MR) is 89.2 cm³/mol. The Balaban J connectivity index is 0. The molecule has 0 atom stereocenters. The molecule has 0 bridgehead atoms. The van der Waals surface area contributed by atoms with E-state index in [9.17, 15) is 4.57 Å². The summed E-state index contributed by atoms with van der Waals surface area (Å²) in [4.78, 5) is 16.9. The van der Waals surface area contributed by atoms with Gasteiger partial charge in [0.05, 0.1) is 13.2 Å². The molecule has 126 valence electrons. The van der Waals surface area contributed by atoms with Crippen LogP contribution in [-0.2, 0) is 13.8 Å². The molecule has 0 aromatic heterocycles. The van der Waals surface area contributed by atoms with E-state index in [4.69, 9.17) is 14.5 Å². The van der Waals surface area contributed by atoms with Crippen LogP contribution in [0.1, 0.15) is 71.1 Å². The van der Waals surface area contributed by atoms with E-state index in [0.29, 0.717) is 6.61 Å². The van der Waals surface area contributed by atoms with Crippen LogP contribution in [0.4, 0.5) is 0 Å². The molecule has 0 aliphatic heterocycles. The van der Waals surface area contributed by atoms with E-state index in [2.05, 4.69) is 11.4 Å². The first-order chi connectivity index (χ1) is 9.56. The van der Waals surface area contributed by atoms with Gasteiger partial charge in [0.1, 0.15) is 0 Å². The average Bonchev–Trinajstić information content (AvgIpc) is 2.38. The van der Waals surface area contributed by atoms with E-state index in [1.165, 1.54) is 51.4 Å². The molecule has 21 heavy (non-hydrogen) atoms. The van der Waals surface area contributed by atoms with Crippen LogP contribution in [0, 0.1) is 0 Å². The minimum atomic E-state index is -4.33. The molecular weight excluding hydrogens is 319 g/mol. The van der Waals surface area contributed by atoms with E-state index in [0.717, 1.165) is 12.8 Å². The van der Waals surface area contributed by atoms with Crippen molar-refractivity contribution in [2.45, 2.75) is 71.1 Å². The third-order valence-electron chi connectivity index (χ3n) is 3.13. The minimum absolute atomic E-state index is 0. The maximum absolute atomic E-state index is 10.4. The van der Waals surface area contributed by atoms with Gasteiger partial charge < -0.3 is 14.5 Å². The molecule has 0 saturated heterocycles. The molecule has 0 heterocycles. The third-order valence-corrected chi connectivity index (χ3v) is 3.65. The molecular formula is C14H33CaO5P. The summed E-state index contributed by atoms with van der Waals surface area (Å²) in [7, 11) is -4.33. The Hall–Kier alpha value is 1.33. The first kappa shape index (κ1) is 24.6. The fourth-order valence-corrected chi connectivity index (χ4v) is 2.32. The number of rotatable bonds is 15. The van der Waals surface area contributed by atoms with Crippen LogP contribution < -0.4 is 0 Å². The quantitative estimate of drug-likeness (QED) is 0.269. The summed E-state index contributed by atoms with van der Waals surface area (Å²) in [5, 5.41) is 0. The zero-order chi connectivity index (χ0) is 15.1. The Bertz CT molecular complexity index is 248. The summed E-state index contributed by atoms with van der Waals surface area (Å²) >= 11 is 0. The molecule has 0 fully saturated rings. The molecule has 2 N–H and O–H groups in total. The molecule has 0 radical (unpaired) electrons. The normalized spacial score (nSPS) is 11.4. The zero-order valence-electron chi connectivity index (χ0n) is 12.8. The number of phosphoric acid groups is 1. The van der Waals surface area contributed by atoms with Crippen molar-refractivity contribution in [3.05, 3.63) is 0 Å². The Kier molecular flexibility index (Phi) is 20.7. The molecule has 0 saturated carbocycles. The van der Waals surface area contributed by atoms with Crippen molar-refractivity contribution in [2.24, 2.45) is 0 Å². The molecule has 0 unspecified atom stereocenters. The van der Waals surface area contributed by atoms with Gasteiger partial charge in [-0.3, -0.25) is 4.52 Å². The summed E-state index contributed by atoms with van der Waals surface area (Å²) in [6.45, 7) is 3.06. The van der Waals surface area contributed by atoms with Crippen molar-refractivity contribution in [3.63, 3.8) is 0 Å². The molecule has 0 spiro atoms. The fraction of sp³-hybridized carbons (Fsp3) is 1.00. The standard InChI is InChI=1S/C14H31O5P.Ca.2H/c1-2-3-4-5-6-7-8-9-10-11-12-18-13-14-19-20(15,16)17;;;/h2-14H2,1H3,(H2,15,16,17);;;. The summed E-state index contributed by atoms with van der Waals surface area (Å²) in [6, 6.07) is 0. The van der Waals surface area contributed by atoms with Gasteiger partial charge in [-0.25, -0.2) is 4.57 Å². The van der Waals surface area contributed by atoms with Crippen molar-refractivity contribution in [3.8, 4) is 0 Å². The molecule has 0 amide bonds. The SMILES string of the molecule is CCCCCCCCCCCCOCCOP(=O)(O)O.[CaH2]. The number of hydrogen-bond donors (Lipinski definition) is 2. The van der Waals surface area contributed by atoms with Gasteiger partial charge in [0.15, 0.2) is 0 Å². The van der Waals surface area contributed by atoms with E-state index < -0.39 is 7.82 Å². The monoisotopic (exact) mass is 352 g/mol. The van der Waals surface area contributed by atoms with Crippen LogP contribution in [0.3, 0.4) is 0 Å². The molecule has 7 heteroatoms. The second-order valence-corrected chi connectivity index (χ2v) is 6.36. The van der Waals surface area contributed by atoms with Gasteiger partial charge in [-0.2, -0.15) is 0 Å². The van der Waals surface area contributed by atoms with Crippen LogP contribution in [0.15, 0.2) is 0 Å². The first-order valence-corrected chi connectivity index (χ1v) is 9.37. The van der Waals surface area contributed by atoms with Crippen LogP contribution in [-0.4, -0.2) is 67.3 Å². The Morgan fingerprint density at radius 1 is 0.762 bits per heavy atom. The van der Waals surface area contributed by atoms with Crippen molar-refractivity contribution in [1.82, 2.24) is 0 Å². The van der Waals surface area contributed by atoms with Gasteiger partial charge >= 0.3 is 45.6 Å². The van der Waals surface area contributed by atoms with Gasteiger partial charge in [0.25, 0.3) is 0 Å². The Morgan fingerprint density at radius 2 is 1.24 bits per heavy atom. The summed E-state index contributed by atoms with van der Waals surface area (Å²) in [5.74, 6) is 0. The number of ether oxygens (including phenoxy) is 1.